The number of hydrogen-bond donors (Lipinski definition) is 1. The van der Waals surface area contributed by atoms with Crippen molar-refractivity contribution in [3.05, 3.63) is 116 Å². The van der Waals surface area contributed by atoms with Crippen molar-refractivity contribution in [2.75, 3.05) is 6.54 Å². The van der Waals surface area contributed by atoms with E-state index in [1.807, 2.05) is 42.6 Å². The Morgan fingerprint density at radius 1 is 1.16 bits per heavy atom. The van der Waals surface area contributed by atoms with Gasteiger partial charge in [0.25, 0.3) is 11.8 Å². The van der Waals surface area contributed by atoms with E-state index in [0.29, 0.717) is 13.1 Å². The molecule has 0 radical (unpaired) electrons. The lowest BCUT2D eigenvalue weighted by Gasteiger charge is -2.50. The first kappa shape index (κ1) is 28.7. The maximum absolute atomic E-state index is 14.2. The number of carbonyl (C=O) groups excluding carboxylic acids is 2. The topological polar surface area (TPSA) is 96.8 Å². The van der Waals surface area contributed by atoms with Gasteiger partial charge >= 0.3 is 0 Å². The van der Waals surface area contributed by atoms with E-state index in [9.17, 15) is 23.2 Å². The van der Waals surface area contributed by atoms with Gasteiger partial charge in [0.1, 0.15) is 35.0 Å². The van der Waals surface area contributed by atoms with Crippen molar-refractivity contribution in [3.63, 3.8) is 0 Å². The Labute approximate surface area is 250 Å². The standard InChI is InChI=1S/C31H29F2N5O4S/c1-19-9-11-36(16-25-34-10-12-43-25)26-17-37-15-23(30(40)35-14-21-7-8-22(32)13-24(21)33)28(39)29(27(37)31(41)38(19)26)42-18-20-5-3-2-4-6-20/h2-8,10,12-13,15,19,26H,9,11,14,16-18H2,1H3,(H,35,40). The van der Waals surface area contributed by atoms with Gasteiger partial charge in [-0.1, -0.05) is 36.4 Å². The Balaban J connectivity index is 1.37. The molecular formula is C31H29F2N5O4S. The number of halogens is 2. The molecule has 1 fully saturated rings. The minimum atomic E-state index is -0.813. The van der Waals surface area contributed by atoms with Gasteiger partial charge in [0.2, 0.25) is 5.43 Å². The highest BCUT2D eigenvalue weighted by atomic mass is 32.1. The number of carbonyl (C=O) groups is 2. The summed E-state index contributed by atoms with van der Waals surface area (Å²) >= 11 is 1.54. The molecule has 2 unspecified atom stereocenters. The molecule has 222 valence electrons. The molecule has 1 N–H and O–H groups in total. The number of amides is 2. The highest BCUT2D eigenvalue weighted by Crippen LogP contribution is 2.32. The molecule has 0 aliphatic carbocycles. The number of ether oxygens (including phenoxy) is 1. The van der Waals surface area contributed by atoms with E-state index in [0.717, 1.165) is 35.7 Å². The summed E-state index contributed by atoms with van der Waals surface area (Å²) in [6.45, 7) is 3.34. The summed E-state index contributed by atoms with van der Waals surface area (Å²) in [6, 6.07) is 12.2. The number of thiazole rings is 1. The molecule has 12 heteroatoms. The quantitative estimate of drug-likeness (QED) is 0.324. The van der Waals surface area contributed by atoms with E-state index >= 15 is 0 Å². The summed E-state index contributed by atoms with van der Waals surface area (Å²) in [5, 5.41) is 5.39. The largest absolute Gasteiger partial charge is 0.483 e. The summed E-state index contributed by atoms with van der Waals surface area (Å²) in [4.78, 5) is 49.6. The maximum atomic E-state index is 14.2. The third-order valence-electron chi connectivity index (χ3n) is 7.83. The van der Waals surface area contributed by atoms with Crippen LogP contribution in [0.1, 0.15) is 50.3 Å². The lowest BCUT2D eigenvalue weighted by Crippen LogP contribution is -2.63. The van der Waals surface area contributed by atoms with Crippen LogP contribution in [-0.2, 0) is 26.2 Å². The number of nitrogens with one attached hydrogen (secondary N) is 1. The number of rotatable bonds is 8. The average Bonchev–Trinajstić information content (AvgIpc) is 3.51. The van der Waals surface area contributed by atoms with Gasteiger partial charge in [-0.25, -0.2) is 13.8 Å². The molecule has 6 rings (SSSR count). The zero-order chi connectivity index (χ0) is 30.1. The molecule has 0 spiro atoms. The summed E-state index contributed by atoms with van der Waals surface area (Å²) < 4.78 is 35.2. The van der Waals surface area contributed by atoms with Gasteiger partial charge < -0.3 is 19.5 Å². The van der Waals surface area contributed by atoms with Crippen molar-refractivity contribution in [2.45, 2.75) is 51.8 Å². The molecule has 2 amide bonds. The molecule has 9 nitrogen and oxygen atoms in total. The monoisotopic (exact) mass is 605 g/mol. The molecular weight excluding hydrogens is 576 g/mol. The fourth-order valence-corrected chi connectivity index (χ4v) is 6.24. The van der Waals surface area contributed by atoms with Gasteiger partial charge in [-0.3, -0.25) is 19.3 Å². The second-order valence-corrected chi connectivity index (χ2v) is 11.6. The molecule has 0 bridgehead atoms. The molecule has 2 aliphatic heterocycles. The SMILES string of the molecule is CC1CCN(Cc2nccs2)C2Cn3cc(C(=O)NCc4ccc(F)cc4F)c(=O)c(OCc4ccccc4)c3C(=O)N12. The van der Waals surface area contributed by atoms with Crippen molar-refractivity contribution < 1.29 is 23.1 Å². The van der Waals surface area contributed by atoms with Gasteiger partial charge in [0, 0.05) is 48.5 Å². The Hall–Kier alpha value is -4.42. The van der Waals surface area contributed by atoms with Crippen LogP contribution in [0.4, 0.5) is 8.78 Å². The predicted octanol–water partition coefficient (Wildman–Crippen LogP) is 4.17. The first-order valence-electron chi connectivity index (χ1n) is 13.9. The molecule has 0 saturated carbocycles. The van der Waals surface area contributed by atoms with Crippen LogP contribution in [0.3, 0.4) is 0 Å². The van der Waals surface area contributed by atoms with E-state index in [1.165, 1.54) is 23.6 Å². The Kier molecular flexibility index (Phi) is 8.04. The first-order chi connectivity index (χ1) is 20.8. The van der Waals surface area contributed by atoms with E-state index in [1.54, 1.807) is 15.7 Å². The summed E-state index contributed by atoms with van der Waals surface area (Å²) in [5.74, 6) is -2.88. The number of benzene rings is 2. The number of nitrogens with zero attached hydrogens (tertiary/aromatic N) is 4. The van der Waals surface area contributed by atoms with Crippen LogP contribution in [-0.4, -0.2) is 49.9 Å². The molecule has 2 aromatic heterocycles. The Morgan fingerprint density at radius 3 is 2.72 bits per heavy atom. The highest BCUT2D eigenvalue weighted by molar-refractivity contribution is 7.09. The van der Waals surface area contributed by atoms with E-state index in [2.05, 4.69) is 15.2 Å². The minimum absolute atomic E-state index is 0.0113. The van der Waals surface area contributed by atoms with Crippen LogP contribution in [0.5, 0.6) is 5.75 Å². The van der Waals surface area contributed by atoms with Gasteiger partial charge in [0.05, 0.1) is 13.1 Å². The first-order valence-corrected chi connectivity index (χ1v) is 14.8. The van der Waals surface area contributed by atoms with Crippen LogP contribution in [0.25, 0.3) is 0 Å². The lowest BCUT2D eigenvalue weighted by molar-refractivity contribution is -0.0364. The average molecular weight is 606 g/mol. The van der Waals surface area contributed by atoms with Crippen molar-refractivity contribution in [3.8, 4) is 5.75 Å². The second-order valence-electron chi connectivity index (χ2n) is 10.6. The van der Waals surface area contributed by atoms with Crippen LogP contribution in [0, 0.1) is 11.6 Å². The van der Waals surface area contributed by atoms with E-state index < -0.39 is 23.0 Å². The van der Waals surface area contributed by atoms with Crippen molar-refractivity contribution in [1.82, 2.24) is 24.7 Å². The summed E-state index contributed by atoms with van der Waals surface area (Å²) in [6.07, 6.45) is 3.54. The van der Waals surface area contributed by atoms with E-state index in [4.69, 9.17) is 4.74 Å². The molecule has 2 atom stereocenters. The zero-order valence-electron chi connectivity index (χ0n) is 23.3. The van der Waals surface area contributed by atoms with Gasteiger partial charge in [-0.2, -0.15) is 0 Å². The molecule has 43 heavy (non-hydrogen) atoms. The summed E-state index contributed by atoms with van der Waals surface area (Å²) in [5.41, 5.74) is -0.0554. The minimum Gasteiger partial charge on any atom is -0.483 e. The fourth-order valence-electron chi connectivity index (χ4n) is 5.60. The third kappa shape index (κ3) is 5.80. The molecule has 1 saturated heterocycles. The molecule has 2 aromatic carbocycles. The van der Waals surface area contributed by atoms with Gasteiger partial charge in [-0.15, -0.1) is 11.3 Å². The van der Waals surface area contributed by atoms with E-state index in [-0.39, 0.29) is 53.8 Å². The van der Waals surface area contributed by atoms with Crippen LogP contribution in [0.15, 0.2) is 71.1 Å². The zero-order valence-corrected chi connectivity index (χ0v) is 24.2. The second kappa shape index (κ2) is 12.1. The molecule has 4 heterocycles. The van der Waals surface area contributed by atoms with Crippen molar-refractivity contribution in [1.29, 1.82) is 0 Å². The highest BCUT2D eigenvalue weighted by Gasteiger charge is 2.44. The lowest BCUT2D eigenvalue weighted by atomic mass is 10.0. The normalized spacial score (nSPS) is 18.2. The molecule has 2 aliphatic rings. The van der Waals surface area contributed by atoms with Crippen LogP contribution < -0.4 is 15.5 Å². The fraction of sp³-hybridized carbons (Fsp3) is 0.290. The Bertz CT molecular complexity index is 1710. The number of fused-ring (bicyclic) bond motifs is 2. The Morgan fingerprint density at radius 2 is 1.98 bits per heavy atom. The third-order valence-corrected chi connectivity index (χ3v) is 8.60. The molecule has 4 aromatic rings. The van der Waals surface area contributed by atoms with Gasteiger partial charge in [-0.05, 0) is 25.0 Å². The van der Waals surface area contributed by atoms with Crippen LogP contribution in [0.2, 0.25) is 0 Å². The number of aromatic nitrogens is 2. The van der Waals surface area contributed by atoms with Crippen molar-refractivity contribution >= 4 is 23.2 Å². The smallest absolute Gasteiger partial charge is 0.276 e. The number of hydrogen-bond acceptors (Lipinski definition) is 7. The summed E-state index contributed by atoms with van der Waals surface area (Å²) in [7, 11) is 0. The maximum Gasteiger partial charge on any atom is 0.276 e. The predicted molar refractivity (Wildman–Crippen MR) is 156 cm³/mol. The van der Waals surface area contributed by atoms with Crippen LogP contribution >= 0.6 is 11.3 Å². The number of pyridine rings is 1. The van der Waals surface area contributed by atoms with Crippen molar-refractivity contribution in [2.24, 2.45) is 0 Å². The van der Waals surface area contributed by atoms with Gasteiger partial charge in [0.15, 0.2) is 11.4 Å².